The van der Waals surface area contributed by atoms with Crippen LogP contribution in [0.2, 0.25) is 0 Å². The Bertz CT molecular complexity index is 567. The van der Waals surface area contributed by atoms with E-state index in [1.54, 1.807) is 0 Å². The van der Waals surface area contributed by atoms with Crippen LogP contribution in [0.3, 0.4) is 0 Å². The fourth-order valence-corrected chi connectivity index (χ4v) is 1.94. The summed E-state index contributed by atoms with van der Waals surface area (Å²) in [4.78, 5) is 21.9. The quantitative estimate of drug-likeness (QED) is 0.246. The molecule has 4 heteroatoms. The lowest BCUT2D eigenvalue weighted by Crippen LogP contribution is -2.23. The largest absolute Gasteiger partial charge is 0.422 e. The molecule has 0 radical (unpaired) electrons. The second kappa shape index (κ2) is 14.5. The molecular weight excluding hydrogens is 328 g/mol. The van der Waals surface area contributed by atoms with Crippen LogP contribution in [-0.2, 0) is 19.1 Å². The van der Waals surface area contributed by atoms with Gasteiger partial charge in [-0.25, -0.2) is 9.59 Å². The van der Waals surface area contributed by atoms with Crippen LogP contribution < -0.4 is 0 Å². The zero-order valence-corrected chi connectivity index (χ0v) is 15.5. The molecule has 0 aromatic heterocycles. The number of benzene rings is 1. The third-order valence-electron chi connectivity index (χ3n) is 3.31. The molecule has 0 aliphatic carbocycles. The fourth-order valence-electron chi connectivity index (χ4n) is 1.94. The molecule has 0 fully saturated rings. The van der Waals surface area contributed by atoms with Crippen molar-refractivity contribution in [2.24, 2.45) is 0 Å². The Morgan fingerprint density at radius 2 is 1.38 bits per heavy atom. The van der Waals surface area contributed by atoms with Gasteiger partial charge in [-0.15, -0.1) is 0 Å². The molecule has 1 aromatic rings. The van der Waals surface area contributed by atoms with E-state index in [9.17, 15) is 9.59 Å². The van der Waals surface area contributed by atoms with Crippen molar-refractivity contribution in [3.05, 3.63) is 73.9 Å². The van der Waals surface area contributed by atoms with Gasteiger partial charge in [-0.1, -0.05) is 82.5 Å². The smallest absolute Gasteiger partial charge is 0.333 e. The molecule has 0 amide bonds. The summed E-state index contributed by atoms with van der Waals surface area (Å²) < 4.78 is 9.74. The number of rotatable bonds is 10. The standard InChI is InChI=1S/C12H18O4.C10H10/c1-4-7-8-9-12(15-10(13)5-2)16-11(14)6-3;1-3-9-7-5-6-8-10(9)4-2/h5-6,12H,2-4,7-9H2,1H3;3-8H,1-2H2. The zero-order valence-electron chi connectivity index (χ0n) is 15.5. The van der Waals surface area contributed by atoms with Gasteiger partial charge in [0.15, 0.2) is 0 Å². The predicted octanol–water partition coefficient (Wildman–Crippen LogP) is 5.32. The van der Waals surface area contributed by atoms with Gasteiger partial charge in [0.25, 0.3) is 0 Å². The van der Waals surface area contributed by atoms with Crippen molar-refractivity contribution in [2.75, 3.05) is 0 Å². The third-order valence-corrected chi connectivity index (χ3v) is 3.31. The first kappa shape index (κ1) is 23.1. The summed E-state index contributed by atoms with van der Waals surface area (Å²) >= 11 is 0. The van der Waals surface area contributed by atoms with Crippen LogP contribution in [0.15, 0.2) is 62.7 Å². The van der Waals surface area contributed by atoms with Crippen molar-refractivity contribution in [3.63, 3.8) is 0 Å². The normalized spacial score (nSPS) is 9.31. The van der Waals surface area contributed by atoms with Crippen LogP contribution in [0.25, 0.3) is 12.2 Å². The van der Waals surface area contributed by atoms with Gasteiger partial charge < -0.3 is 9.47 Å². The summed E-state index contributed by atoms with van der Waals surface area (Å²) in [6.07, 6.45) is 8.24. The highest BCUT2D eigenvalue weighted by molar-refractivity contribution is 5.83. The first-order valence-electron chi connectivity index (χ1n) is 8.52. The Hall–Kier alpha value is -2.88. The number of hydrogen-bond acceptors (Lipinski definition) is 4. The molecule has 0 saturated carbocycles. The zero-order chi connectivity index (χ0) is 19.8. The molecule has 4 nitrogen and oxygen atoms in total. The minimum absolute atomic E-state index is 0.493. The molecule has 140 valence electrons. The minimum atomic E-state index is -0.845. The molecule has 0 aliphatic rings. The minimum Gasteiger partial charge on any atom is -0.422 e. The monoisotopic (exact) mass is 356 g/mol. The van der Waals surface area contributed by atoms with Crippen molar-refractivity contribution in [1.82, 2.24) is 0 Å². The van der Waals surface area contributed by atoms with Crippen LogP contribution in [0.5, 0.6) is 0 Å². The maximum absolute atomic E-state index is 11.0. The Morgan fingerprint density at radius 1 is 0.923 bits per heavy atom. The summed E-state index contributed by atoms with van der Waals surface area (Å²) in [6.45, 7) is 16.0. The van der Waals surface area contributed by atoms with Crippen molar-refractivity contribution < 1.29 is 19.1 Å². The van der Waals surface area contributed by atoms with Gasteiger partial charge in [0.2, 0.25) is 6.29 Å². The van der Waals surface area contributed by atoms with Gasteiger partial charge in [-0.3, -0.25) is 0 Å². The molecule has 0 bridgehead atoms. The van der Waals surface area contributed by atoms with Gasteiger partial charge in [0, 0.05) is 18.6 Å². The van der Waals surface area contributed by atoms with E-state index in [0.717, 1.165) is 42.5 Å². The first-order valence-corrected chi connectivity index (χ1v) is 8.52. The van der Waals surface area contributed by atoms with Crippen LogP contribution in [0.1, 0.15) is 43.7 Å². The summed E-state index contributed by atoms with van der Waals surface area (Å²) in [6, 6.07) is 8.02. The van der Waals surface area contributed by atoms with Crippen molar-refractivity contribution in [1.29, 1.82) is 0 Å². The first-order chi connectivity index (χ1) is 12.5. The van der Waals surface area contributed by atoms with Gasteiger partial charge >= 0.3 is 11.9 Å². The molecule has 0 atom stereocenters. The average molecular weight is 356 g/mol. The average Bonchev–Trinajstić information content (AvgIpc) is 2.68. The van der Waals surface area contributed by atoms with Crippen LogP contribution in [-0.4, -0.2) is 18.2 Å². The SMILES string of the molecule is C=CC(=O)OC(CCCCC)OC(=O)C=C.C=Cc1ccccc1C=C. The van der Waals surface area contributed by atoms with E-state index in [1.165, 1.54) is 0 Å². The number of unbranched alkanes of at least 4 members (excludes halogenated alkanes) is 2. The van der Waals surface area contributed by atoms with Gasteiger partial charge in [-0.05, 0) is 17.5 Å². The Morgan fingerprint density at radius 3 is 1.73 bits per heavy atom. The van der Waals surface area contributed by atoms with Gasteiger partial charge in [0.05, 0.1) is 0 Å². The predicted molar refractivity (Wildman–Crippen MR) is 107 cm³/mol. The molecule has 0 heterocycles. The molecule has 0 saturated heterocycles. The molecule has 0 N–H and O–H groups in total. The lowest BCUT2D eigenvalue weighted by atomic mass is 10.1. The summed E-state index contributed by atoms with van der Waals surface area (Å²) in [7, 11) is 0. The highest BCUT2D eigenvalue weighted by Crippen LogP contribution is 2.10. The number of carbonyl (C=O) groups is 2. The van der Waals surface area contributed by atoms with E-state index in [1.807, 2.05) is 36.4 Å². The molecule has 0 spiro atoms. The molecule has 1 aromatic carbocycles. The van der Waals surface area contributed by atoms with E-state index in [4.69, 9.17) is 9.47 Å². The molecule has 26 heavy (non-hydrogen) atoms. The van der Waals surface area contributed by atoms with E-state index in [0.29, 0.717) is 6.42 Å². The van der Waals surface area contributed by atoms with Gasteiger partial charge in [0.1, 0.15) is 0 Å². The lowest BCUT2D eigenvalue weighted by molar-refractivity contribution is -0.182. The maximum atomic E-state index is 11.0. The van der Waals surface area contributed by atoms with Crippen molar-refractivity contribution >= 4 is 24.1 Å². The second-order valence-corrected chi connectivity index (χ2v) is 5.24. The van der Waals surface area contributed by atoms with Crippen LogP contribution in [0, 0.1) is 0 Å². The van der Waals surface area contributed by atoms with Gasteiger partial charge in [-0.2, -0.15) is 0 Å². The number of esters is 2. The third kappa shape index (κ3) is 10.1. The van der Waals surface area contributed by atoms with Crippen LogP contribution in [0.4, 0.5) is 0 Å². The lowest BCUT2D eigenvalue weighted by Gasteiger charge is -2.16. The van der Waals surface area contributed by atoms with Crippen molar-refractivity contribution in [2.45, 2.75) is 38.9 Å². The highest BCUT2D eigenvalue weighted by Gasteiger charge is 2.15. The summed E-state index contributed by atoms with van der Waals surface area (Å²) in [5.41, 5.74) is 2.27. The molecular formula is C22H28O4. The second-order valence-electron chi connectivity index (χ2n) is 5.24. The summed E-state index contributed by atoms with van der Waals surface area (Å²) in [5, 5.41) is 0. The summed E-state index contributed by atoms with van der Waals surface area (Å²) in [5.74, 6) is -1.20. The van der Waals surface area contributed by atoms with E-state index < -0.39 is 18.2 Å². The molecule has 0 unspecified atom stereocenters. The Balaban J connectivity index is 0.000000531. The Labute approximate surface area is 156 Å². The topological polar surface area (TPSA) is 52.6 Å². The maximum Gasteiger partial charge on any atom is 0.333 e. The number of ether oxygens (including phenoxy) is 2. The van der Waals surface area contributed by atoms with Crippen molar-refractivity contribution in [3.8, 4) is 0 Å². The fraction of sp³-hybridized carbons (Fsp3) is 0.273. The van der Waals surface area contributed by atoms with E-state index in [-0.39, 0.29) is 0 Å². The highest BCUT2D eigenvalue weighted by atomic mass is 16.7. The molecule has 0 aliphatic heterocycles. The number of hydrogen-bond donors (Lipinski definition) is 0. The Kier molecular flexibility index (Phi) is 12.9. The number of carbonyl (C=O) groups excluding carboxylic acids is 2. The molecule has 1 rings (SSSR count). The van der Waals surface area contributed by atoms with Crippen LogP contribution >= 0.6 is 0 Å². The van der Waals surface area contributed by atoms with E-state index in [2.05, 4.69) is 33.2 Å². The van der Waals surface area contributed by atoms with E-state index >= 15 is 0 Å².